The molecule has 1 N–H and O–H groups in total. The van der Waals surface area contributed by atoms with Crippen LogP contribution in [0.1, 0.15) is 48.4 Å². The minimum absolute atomic E-state index is 0.00276. The number of aryl methyl sites for hydroxylation is 1. The summed E-state index contributed by atoms with van der Waals surface area (Å²) < 4.78 is 1.71. The molecule has 27 heavy (non-hydrogen) atoms. The molecule has 1 aromatic carbocycles. The summed E-state index contributed by atoms with van der Waals surface area (Å²) in [5, 5.41) is 7.71. The smallest absolute Gasteiger partial charge is 0.269 e. The van der Waals surface area contributed by atoms with Crippen molar-refractivity contribution in [2.24, 2.45) is 13.0 Å². The zero-order chi connectivity index (χ0) is 19.4. The molecule has 1 aliphatic rings. The highest BCUT2D eigenvalue weighted by Crippen LogP contribution is 2.34. The Kier molecular flexibility index (Phi) is 6.00. The van der Waals surface area contributed by atoms with Crippen molar-refractivity contribution in [2.45, 2.75) is 38.5 Å². The van der Waals surface area contributed by atoms with Crippen molar-refractivity contribution in [2.75, 3.05) is 26.7 Å². The molecule has 2 heterocycles. The van der Waals surface area contributed by atoms with E-state index in [1.54, 1.807) is 4.68 Å². The first kappa shape index (κ1) is 19.6. The number of likely N-dealkylation sites (tertiary alicyclic amines) is 1. The Hall–Kier alpha value is -2.14. The molecule has 1 saturated heterocycles. The summed E-state index contributed by atoms with van der Waals surface area (Å²) in [6.45, 7) is 7.09. The Labute approximate surface area is 162 Å². The van der Waals surface area contributed by atoms with E-state index >= 15 is 0 Å². The van der Waals surface area contributed by atoms with Crippen LogP contribution in [0.5, 0.6) is 0 Å². The van der Waals surface area contributed by atoms with Gasteiger partial charge in [0.25, 0.3) is 5.91 Å². The topological polar surface area (TPSA) is 50.2 Å². The molecule has 5 nitrogen and oxygen atoms in total. The molecular formula is C22H32N4O. The lowest BCUT2D eigenvalue weighted by molar-refractivity contribution is 0.0918. The van der Waals surface area contributed by atoms with Crippen molar-refractivity contribution in [3.05, 3.63) is 53.3 Å². The molecule has 2 aromatic rings. The zero-order valence-corrected chi connectivity index (χ0v) is 17.0. The van der Waals surface area contributed by atoms with Crippen molar-refractivity contribution in [1.29, 1.82) is 0 Å². The lowest BCUT2D eigenvalue weighted by Crippen LogP contribution is -2.48. The van der Waals surface area contributed by atoms with Gasteiger partial charge in [0.05, 0.1) is 5.69 Å². The van der Waals surface area contributed by atoms with Gasteiger partial charge in [-0.25, -0.2) is 0 Å². The number of nitrogens with one attached hydrogen (secondary N) is 1. The minimum Gasteiger partial charge on any atom is -0.350 e. The molecule has 5 heteroatoms. The van der Waals surface area contributed by atoms with Gasteiger partial charge < -0.3 is 10.2 Å². The predicted molar refractivity (Wildman–Crippen MR) is 109 cm³/mol. The number of benzene rings is 1. The second-order valence-corrected chi connectivity index (χ2v) is 8.37. The van der Waals surface area contributed by atoms with Crippen LogP contribution >= 0.6 is 0 Å². The van der Waals surface area contributed by atoms with Crippen molar-refractivity contribution < 1.29 is 4.79 Å². The van der Waals surface area contributed by atoms with Crippen LogP contribution in [0.4, 0.5) is 0 Å². The van der Waals surface area contributed by atoms with E-state index in [4.69, 9.17) is 0 Å². The van der Waals surface area contributed by atoms with Crippen LogP contribution in [0.25, 0.3) is 0 Å². The van der Waals surface area contributed by atoms with Crippen LogP contribution in [-0.4, -0.2) is 47.3 Å². The molecule has 0 atom stereocenters. The van der Waals surface area contributed by atoms with Crippen molar-refractivity contribution in [3.63, 3.8) is 0 Å². The van der Waals surface area contributed by atoms with Gasteiger partial charge in [-0.15, -0.1) is 0 Å². The minimum atomic E-state index is -0.0331. The number of rotatable bonds is 6. The van der Waals surface area contributed by atoms with Crippen molar-refractivity contribution in [1.82, 2.24) is 20.0 Å². The summed E-state index contributed by atoms with van der Waals surface area (Å²) in [6, 6.07) is 12.6. The van der Waals surface area contributed by atoms with Crippen LogP contribution in [-0.2, 0) is 18.9 Å². The third kappa shape index (κ3) is 4.59. The monoisotopic (exact) mass is 368 g/mol. The van der Waals surface area contributed by atoms with Crippen molar-refractivity contribution >= 4 is 5.91 Å². The molecule has 1 aliphatic heterocycles. The normalized spacial score (nSPS) is 17.2. The third-order valence-corrected chi connectivity index (χ3v) is 5.70. The Balaban J connectivity index is 1.74. The number of carbonyl (C=O) groups excluding carboxylic acids is 1. The second-order valence-electron chi connectivity index (χ2n) is 8.37. The van der Waals surface area contributed by atoms with E-state index in [1.807, 2.05) is 13.1 Å². The van der Waals surface area contributed by atoms with Crippen LogP contribution in [0, 0.1) is 5.92 Å². The molecule has 0 unspecified atom stereocenters. The van der Waals surface area contributed by atoms with Crippen LogP contribution in [0.3, 0.4) is 0 Å². The van der Waals surface area contributed by atoms with Gasteiger partial charge >= 0.3 is 0 Å². The SMILES string of the molecule is CC(C)Cc1cc(C(=O)NCC2(c3ccccc3)CCN(C)CC2)n(C)n1. The van der Waals surface area contributed by atoms with E-state index in [0.717, 1.165) is 38.0 Å². The van der Waals surface area contributed by atoms with Gasteiger partial charge in [0.1, 0.15) is 5.69 Å². The summed E-state index contributed by atoms with van der Waals surface area (Å²) >= 11 is 0. The molecule has 0 saturated carbocycles. The average Bonchev–Trinajstić information content (AvgIpc) is 3.01. The quantitative estimate of drug-likeness (QED) is 0.853. The average molecular weight is 369 g/mol. The third-order valence-electron chi connectivity index (χ3n) is 5.70. The molecule has 1 amide bonds. The number of hydrogen-bond acceptors (Lipinski definition) is 3. The number of hydrogen-bond donors (Lipinski definition) is 1. The zero-order valence-electron chi connectivity index (χ0n) is 17.0. The fourth-order valence-electron chi connectivity index (χ4n) is 4.00. The lowest BCUT2D eigenvalue weighted by atomic mass is 9.72. The molecule has 0 radical (unpaired) electrons. The molecule has 3 rings (SSSR count). The van der Waals surface area contributed by atoms with Crippen LogP contribution in [0.2, 0.25) is 0 Å². The fraction of sp³-hybridized carbons (Fsp3) is 0.545. The largest absolute Gasteiger partial charge is 0.350 e. The number of carbonyl (C=O) groups is 1. The van der Waals surface area contributed by atoms with Gasteiger partial charge in [-0.05, 0) is 56.9 Å². The fourth-order valence-corrected chi connectivity index (χ4v) is 4.00. The molecule has 146 valence electrons. The maximum absolute atomic E-state index is 12.9. The summed E-state index contributed by atoms with van der Waals surface area (Å²) in [7, 11) is 4.01. The van der Waals surface area contributed by atoms with Gasteiger partial charge in [0.15, 0.2) is 0 Å². The summed E-state index contributed by atoms with van der Waals surface area (Å²) in [5.74, 6) is 0.491. The van der Waals surface area contributed by atoms with Gasteiger partial charge in [-0.1, -0.05) is 44.2 Å². The Morgan fingerprint density at radius 2 is 1.85 bits per heavy atom. The highest BCUT2D eigenvalue weighted by molar-refractivity contribution is 5.92. The molecular weight excluding hydrogens is 336 g/mol. The Morgan fingerprint density at radius 1 is 1.19 bits per heavy atom. The van der Waals surface area contributed by atoms with Gasteiger partial charge in [-0.2, -0.15) is 5.10 Å². The van der Waals surface area contributed by atoms with Gasteiger partial charge in [0.2, 0.25) is 0 Å². The number of nitrogens with zero attached hydrogens (tertiary/aromatic N) is 3. The van der Waals surface area contributed by atoms with E-state index < -0.39 is 0 Å². The van der Waals surface area contributed by atoms with Crippen LogP contribution in [0.15, 0.2) is 36.4 Å². The molecule has 1 aromatic heterocycles. The Bertz CT molecular complexity index is 758. The van der Waals surface area contributed by atoms with E-state index in [9.17, 15) is 4.79 Å². The van der Waals surface area contributed by atoms with E-state index in [0.29, 0.717) is 18.2 Å². The second kappa shape index (κ2) is 8.26. The van der Waals surface area contributed by atoms with E-state index in [-0.39, 0.29) is 11.3 Å². The first-order valence-corrected chi connectivity index (χ1v) is 9.95. The Morgan fingerprint density at radius 3 is 2.48 bits per heavy atom. The predicted octanol–water partition coefficient (Wildman–Crippen LogP) is 3.01. The maximum Gasteiger partial charge on any atom is 0.269 e. The lowest BCUT2D eigenvalue weighted by Gasteiger charge is -2.41. The highest BCUT2D eigenvalue weighted by atomic mass is 16.2. The molecule has 0 aliphatic carbocycles. The summed E-state index contributed by atoms with van der Waals surface area (Å²) in [4.78, 5) is 15.2. The molecule has 0 bridgehead atoms. The highest BCUT2D eigenvalue weighted by Gasteiger charge is 2.35. The number of aromatic nitrogens is 2. The first-order valence-electron chi connectivity index (χ1n) is 9.95. The number of piperidine rings is 1. The van der Waals surface area contributed by atoms with Crippen molar-refractivity contribution in [3.8, 4) is 0 Å². The molecule has 1 fully saturated rings. The molecule has 0 spiro atoms. The van der Waals surface area contributed by atoms with Gasteiger partial charge in [-0.3, -0.25) is 9.48 Å². The summed E-state index contributed by atoms with van der Waals surface area (Å²) in [6.07, 6.45) is 3.00. The van der Waals surface area contributed by atoms with E-state index in [1.165, 1.54) is 5.56 Å². The van der Waals surface area contributed by atoms with E-state index in [2.05, 4.69) is 66.5 Å². The van der Waals surface area contributed by atoms with Gasteiger partial charge in [0, 0.05) is 19.0 Å². The standard InChI is InChI=1S/C22H32N4O/c1-17(2)14-19-15-20(26(4)24-19)21(27)23-16-22(10-12-25(3)13-11-22)18-8-6-5-7-9-18/h5-9,15,17H,10-14,16H2,1-4H3,(H,23,27). The number of amides is 1. The first-order chi connectivity index (χ1) is 12.9. The van der Waals surface area contributed by atoms with Crippen LogP contribution < -0.4 is 5.32 Å². The maximum atomic E-state index is 12.9. The summed E-state index contributed by atoms with van der Waals surface area (Å²) in [5.41, 5.74) is 2.95.